The molecule has 0 fully saturated rings. The Bertz CT molecular complexity index is 1920. The van der Waals surface area contributed by atoms with Gasteiger partial charge in [-0.3, -0.25) is 15.5 Å². The van der Waals surface area contributed by atoms with E-state index in [9.17, 15) is 0 Å². The first-order chi connectivity index (χ1) is 26.4. The van der Waals surface area contributed by atoms with Gasteiger partial charge < -0.3 is 44.6 Å². The van der Waals surface area contributed by atoms with Gasteiger partial charge in [0.05, 0.1) is 19.5 Å². The molecule has 6 heterocycles. The fourth-order valence-corrected chi connectivity index (χ4v) is 6.58. The highest BCUT2D eigenvalue weighted by Crippen LogP contribution is 2.17. The van der Waals surface area contributed by atoms with Crippen LogP contribution in [-0.4, -0.2) is 143 Å². The minimum atomic E-state index is -0.206. The number of nitrogens with zero attached hydrogens (tertiary/aromatic N) is 12. The monoisotopic (exact) mass is 755 g/mol. The smallest absolute Gasteiger partial charge is 0.205 e. The topological polar surface area (TPSA) is 186 Å². The van der Waals surface area contributed by atoms with Crippen LogP contribution in [0.1, 0.15) is 43.2 Å². The Balaban J connectivity index is 0.953. The molecule has 0 radical (unpaired) electrons. The lowest BCUT2D eigenvalue weighted by atomic mass is 10.2. The van der Waals surface area contributed by atoms with E-state index in [-0.39, 0.29) is 18.5 Å². The van der Waals surface area contributed by atoms with Gasteiger partial charge in [0.25, 0.3) is 0 Å². The van der Waals surface area contributed by atoms with Gasteiger partial charge in [-0.25, -0.2) is 30.0 Å². The van der Waals surface area contributed by atoms with Gasteiger partial charge in [0.1, 0.15) is 24.3 Å². The van der Waals surface area contributed by atoms with Gasteiger partial charge in [-0.2, -0.15) is 0 Å². The van der Waals surface area contributed by atoms with E-state index in [1.54, 1.807) is 0 Å². The fourth-order valence-electron chi connectivity index (χ4n) is 6.58. The maximum Gasteiger partial charge on any atom is 0.205 e. The number of aromatic nitrogens is 2. The Kier molecular flexibility index (Phi) is 12.3. The summed E-state index contributed by atoms with van der Waals surface area (Å²) in [4.78, 5) is 41.4. The van der Waals surface area contributed by atoms with Crippen LogP contribution < -0.4 is 21.7 Å². The number of hydrogen-bond acceptors (Lipinski definition) is 16. The molecule has 6 rings (SSSR count). The number of nitrogens with one attached hydrogen (secondary N) is 4. The van der Waals surface area contributed by atoms with E-state index in [0.717, 1.165) is 80.0 Å². The standard InChI is InChI=1S/C37H57N17O/c1-25-41-32(38)47-34(43-25)49(4)16-12-30-19-31(55-23-30)22-51(6)37-46-27(3)45-36(53(37)8)50(5)17-11-29-13-18-54(21-29)24-52(7)35-44-26(2)42-33(48-35)40-15-10-28-9-14-39-20-28/h9,13-14,18-21,23,25-27,39H,10-12,15-17,22,24H2,1-8H3,(H3,38,41,43,47)(H2,40,42,44,48). The largest absolute Gasteiger partial charge is 0.467 e. The lowest BCUT2D eigenvalue weighted by Crippen LogP contribution is -2.52. The highest BCUT2D eigenvalue weighted by atomic mass is 16.3. The second kappa shape index (κ2) is 17.5. The molecule has 0 aromatic carbocycles. The molecule has 55 heavy (non-hydrogen) atoms. The number of furan rings is 1. The van der Waals surface area contributed by atoms with Crippen molar-refractivity contribution in [3.63, 3.8) is 0 Å². The van der Waals surface area contributed by atoms with Crippen molar-refractivity contribution in [2.75, 3.05) is 54.9 Å². The van der Waals surface area contributed by atoms with Crippen LogP contribution in [0.25, 0.3) is 0 Å². The number of guanidine groups is 6. The Labute approximate surface area is 323 Å². The summed E-state index contributed by atoms with van der Waals surface area (Å²) in [6, 6.07) is 6.36. The third-order valence-electron chi connectivity index (χ3n) is 9.47. The molecule has 296 valence electrons. The SMILES string of the molecule is CC1N=C(N)NC(N(C)CCc2coc(CN(C)C3=NC(C)N=C(N(C)CCc4ccn(CN(C)C5=NC(C)N=C(NCCc6cc[nH]c6)N5)c4)N3C)c2)=N1. The van der Waals surface area contributed by atoms with Gasteiger partial charge in [-0.1, -0.05) is 0 Å². The number of nitrogens with two attached hydrogens (primary N) is 1. The summed E-state index contributed by atoms with van der Waals surface area (Å²) in [5.41, 5.74) is 9.50. The number of aromatic amines is 1. The first-order valence-corrected chi connectivity index (χ1v) is 18.8. The van der Waals surface area contributed by atoms with Crippen LogP contribution in [0.2, 0.25) is 0 Å². The summed E-state index contributed by atoms with van der Waals surface area (Å²) < 4.78 is 8.15. The maximum absolute atomic E-state index is 5.97. The van der Waals surface area contributed by atoms with Crippen LogP contribution in [0.3, 0.4) is 0 Å². The zero-order valence-electron chi connectivity index (χ0n) is 33.4. The summed E-state index contributed by atoms with van der Waals surface area (Å²) in [5.74, 6) is 5.21. The number of rotatable bonds is 13. The van der Waals surface area contributed by atoms with Crippen LogP contribution in [0.15, 0.2) is 83.6 Å². The molecule has 3 unspecified atom stereocenters. The summed E-state index contributed by atoms with van der Waals surface area (Å²) in [6.07, 6.45) is 12.1. The van der Waals surface area contributed by atoms with Crippen LogP contribution in [-0.2, 0) is 32.5 Å². The second-order valence-electron chi connectivity index (χ2n) is 14.4. The quantitative estimate of drug-likeness (QED) is 0.171. The maximum atomic E-state index is 5.97. The van der Waals surface area contributed by atoms with E-state index in [1.165, 1.54) is 11.1 Å². The van der Waals surface area contributed by atoms with Crippen molar-refractivity contribution in [1.29, 1.82) is 0 Å². The van der Waals surface area contributed by atoms with Gasteiger partial charge in [-0.15, -0.1) is 0 Å². The van der Waals surface area contributed by atoms with Crippen molar-refractivity contribution in [2.24, 2.45) is 35.7 Å². The molecule has 0 aliphatic carbocycles. The molecule has 3 aliphatic rings. The van der Waals surface area contributed by atoms with E-state index < -0.39 is 0 Å². The van der Waals surface area contributed by atoms with Gasteiger partial charge in [0.2, 0.25) is 23.8 Å². The molecule has 18 heteroatoms. The molecule has 6 N–H and O–H groups in total. The van der Waals surface area contributed by atoms with Crippen molar-refractivity contribution < 1.29 is 4.42 Å². The fraction of sp³-hybridized carbons (Fsp3) is 0.514. The van der Waals surface area contributed by atoms with Crippen LogP contribution >= 0.6 is 0 Å². The molecular formula is C37H57N17O. The highest BCUT2D eigenvalue weighted by Gasteiger charge is 2.26. The van der Waals surface area contributed by atoms with Gasteiger partial charge in [0, 0.05) is 79.7 Å². The third-order valence-corrected chi connectivity index (χ3v) is 9.47. The Hall–Kier alpha value is -5.94. The predicted molar refractivity (Wildman–Crippen MR) is 219 cm³/mol. The van der Waals surface area contributed by atoms with Crippen LogP contribution in [0.5, 0.6) is 0 Å². The summed E-state index contributed by atoms with van der Waals surface area (Å²) >= 11 is 0. The van der Waals surface area contributed by atoms with Gasteiger partial charge >= 0.3 is 0 Å². The number of hydrogen-bond donors (Lipinski definition) is 5. The molecule has 0 amide bonds. The molecule has 0 bridgehead atoms. The predicted octanol–water partition coefficient (Wildman–Crippen LogP) is 1.50. The normalized spacial score (nSPS) is 19.6. The van der Waals surface area contributed by atoms with Crippen molar-refractivity contribution in [3.05, 3.63) is 71.7 Å². The Morgan fingerprint density at radius 3 is 2.22 bits per heavy atom. The second-order valence-corrected chi connectivity index (χ2v) is 14.4. The zero-order chi connectivity index (χ0) is 39.1. The molecule has 3 atom stereocenters. The third kappa shape index (κ3) is 10.4. The molecule has 18 nitrogen and oxygen atoms in total. The summed E-state index contributed by atoms with van der Waals surface area (Å²) in [6.45, 7) is 9.46. The molecule has 3 aromatic heterocycles. The first kappa shape index (κ1) is 38.8. The molecular weight excluding hydrogens is 699 g/mol. The number of likely N-dealkylation sites (N-methyl/N-ethyl adjacent to an activating group) is 2. The lowest BCUT2D eigenvalue weighted by molar-refractivity contribution is 0.359. The molecule has 0 saturated heterocycles. The van der Waals surface area contributed by atoms with E-state index >= 15 is 0 Å². The van der Waals surface area contributed by atoms with E-state index in [1.807, 2.05) is 72.5 Å². The first-order valence-electron chi connectivity index (χ1n) is 18.8. The van der Waals surface area contributed by atoms with Crippen LogP contribution in [0.4, 0.5) is 0 Å². The number of aliphatic imine (C=N–C) groups is 6. The van der Waals surface area contributed by atoms with Crippen LogP contribution in [0, 0.1) is 0 Å². The average molecular weight is 756 g/mol. The highest BCUT2D eigenvalue weighted by molar-refractivity contribution is 6.01. The minimum Gasteiger partial charge on any atom is -0.467 e. The Morgan fingerprint density at radius 1 is 0.782 bits per heavy atom. The van der Waals surface area contributed by atoms with Crippen molar-refractivity contribution in [3.8, 4) is 0 Å². The lowest BCUT2D eigenvalue weighted by Gasteiger charge is -2.36. The van der Waals surface area contributed by atoms with Gasteiger partial charge in [0.15, 0.2) is 11.9 Å². The molecule has 0 saturated carbocycles. The molecule has 3 aromatic rings. The zero-order valence-corrected chi connectivity index (χ0v) is 33.4. The van der Waals surface area contributed by atoms with E-state index in [2.05, 4.69) is 97.7 Å². The summed E-state index contributed by atoms with van der Waals surface area (Å²) in [7, 11) is 10.2. The minimum absolute atomic E-state index is 0.166. The molecule has 0 spiro atoms. The average Bonchev–Trinajstić information content (AvgIpc) is 3.93. The number of H-pyrrole nitrogens is 1. The van der Waals surface area contributed by atoms with Crippen molar-refractivity contribution in [1.82, 2.24) is 50.0 Å². The van der Waals surface area contributed by atoms with E-state index in [0.29, 0.717) is 19.2 Å². The summed E-state index contributed by atoms with van der Waals surface area (Å²) in [5, 5.41) is 9.81. The molecule has 3 aliphatic heterocycles. The Morgan fingerprint density at radius 2 is 1.47 bits per heavy atom. The van der Waals surface area contributed by atoms with Crippen molar-refractivity contribution in [2.45, 2.75) is 71.7 Å². The van der Waals surface area contributed by atoms with E-state index in [4.69, 9.17) is 25.1 Å². The van der Waals surface area contributed by atoms with Gasteiger partial charge in [-0.05, 0) is 74.9 Å². The van der Waals surface area contributed by atoms with Crippen molar-refractivity contribution >= 4 is 35.8 Å².